The Bertz CT molecular complexity index is 1120. The van der Waals surface area contributed by atoms with Gasteiger partial charge in [-0.15, -0.1) is 0 Å². The average Bonchev–Trinajstić information content (AvgIpc) is 2.95. The third kappa shape index (κ3) is 4.71. The van der Waals surface area contributed by atoms with E-state index in [0.29, 0.717) is 6.42 Å². The van der Waals surface area contributed by atoms with Crippen molar-refractivity contribution in [3.63, 3.8) is 0 Å². The molecule has 7 nitrogen and oxygen atoms in total. The highest BCUT2D eigenvalue weighted by atomic mass is 32.2. The molecular formula is C19H22N2O5S2. The molecule has 150 valence electrons. The van der Waals surface area contributed by atoms with Gasteiger partial charge >= 0.3 is 0 Å². The number of nitrogens with one attached hydrogen (secondary N) is 2. The maximum Gasteiger partial charge on any atom is 0.261 e. The molecule has 0 aromatic heterocycles. The van der Waals surface area contributed by atoms with Gasteiger partial charge in [0.15, 0.2) is 9.84 Å². The summed E-state index contributed by atoms with van der Waals surface area (Å²) >= 11 is 0. The highest BCUT2D eigenvalue weighted by Gasteiger charge is 2.29. The van der Waals surface area contributed by atoms with Crippen LogP contribution in [-0.4, -0.2) is 40.3 Å². The van der Waals surface area contributed by atoms with Crippen molar-refractivity contribution in [3.05, 3.63) is 59.2 Å². The maximum absolute atomic E-state index is 12.6. The lowest BCUT2D eigenvalue weighted by Gasteiger charge is -2.13. The van der Waals surface area contributed by atoms with Gasteiger partial charge in [-0.1, -0.05) is 12.1 Å². The maximum atomic E-state index is 12.6. The molecule has 0 aliphatic carbocycles. The molecule has 1 aliphatic rings. The van der Waals surface area contributed by atoms with E-state index in [-0.39, 0.29) is 27.7 Å². The van der Waals surface area contributed by atoms with E-state index in [1.807, 2.05) is 13.8 Å². The summed E-state index contributed by atoms with van der Waals surface area (Å²) in [6.45, 7) is 3.74. The number of benzene rings is 2. The molecule has 0 unspecified atom stereocenters. The van der Waals surface area contributed by atoms with Gasteiger partial charge in [0, 0.05) is 17.3 Å². The zero-order valence-electron chi connectivity index (χ0n) is 15.6. The van der Waals surface area contributed by atoms with Crippen LogP contribution in [0.5, 0.6) is 0 Å². The van der Waals surface area contributed by atoms with Crippen molar-refractivity contribution in [2.24, 2.45) is 0 Å². The van der Waals surface area contributed by atoms with E-state index in [2.05, 4.69) is 10.0 Å². The van der Waals surface area contributed by atoms with Crippen molar-refractivity contribution in [2.75, 3.05) is 16.2 Å². The normalized spacial score (nSPS) is 18.6. The van der Waals surface area contributed by atoms with Gasteiger partial charge in [0.05, 0.1) is 16.4 Å². The summed E-state index contributed by atoms with van der Waals surface area (Å²) in [5.74, 6) is -0.444. The fourth-order valence-corrected chi connectivity index (χ4v) is 5.80. The van der Waals surface area contributed by atoms with E-state index in [9.17, 15) is 21.6 Å². The lowest BCUT2D eigenvalue weighted by molar-refractivity contribution is 0.0941. The van der Waals surface area contributed by atoms with Crippen molar-refractivity contribution < 1.29 is 21.6 Å². The Kier molecular flexibility index (Phi) is 5.49. The molecular weight excluding hydrogens is 400 g/mol. The molecule has 0 bridgehead atoms. The predicted octanol–water partition coefficient (Wildman–Crippen LogP) is 2.02. The third-order valence-electron chi connectivity index (χ3n) is 4.73. The molecule has 1 saturated heterocycles. The van der Waals surface area contributed by atoms with E-state index >= 15 is 0 Å². The van der Waals surface area contributed by atoms with Crippen molar-refractivity contribution in [3.8, 4) is 0 Å². The fraction of sp³-hybridized carbons (Fsp3) is 0.316. The number of sulfone groups is 1. The number of hydrogen-bond acceptors (Lipinski definition) is 5. The van der Waals surface area contributed by atoms with Crippen molar-refractivity contribution in [2.45, 2.75) is 31.2 Å². The van der Waals surface area contributed by atoms with Gasteiger partial charge in [-0.05, 0) is 61.7 Å². The number of carbonyl (C=O) groups is 1. The largest absolute Gasteiger partial charge is 0.348 e. The molecule has 1 amide bonds. The van der Waals surface area contributed by atoms with Gasteiger partial charge in [-0.2, -0.15) is 0 Å². The first-order valence-electron chi connectivity index (χ1n) is 8.77. The van der Waals surface area contributed by atoms with Crippen LogP contribution in [0.1, 0.15) is 27.9 Å². The Morgan fingerprint density at radius 2 is 1.82 bits per heavy atom. The van der Waals surface area contributed by atoms with Crippen LogP contribution in [0.15, 0.2) is 47.4 Å². The minimum absolute atomic E-state index is 0.0632. The smallest absolute Gasteiger partial charge is 0.261 e. The zero-order chi connectivity index (χ0) is 20.5. The second kappa shape index (κ2) is 7.56. The lowest BCUT2D eigenvalue weighted by Crippen LogP contribution is -2.35. The van der Waals surface area contributed by atoms with Crippen LogP contribution >= 0.6 is 0 Å². The van der Waals surface area contributed by atoms with E-state index in [1.54, 1.807) is 30.3 Å². The summed E-state index contributed by atoms with van der Waals surface area (Å²) in [7, 11) is -6.89. The molecule has 2 aromatic carbocycles. The van der Waals surface area contributed by atoms with Crippen LogP contribution in [-0.2, 0) is 19.9 Å². The van der Waals surface area contributed by atoms with Crippen LogP contribution in [0.3, 0.4) is 0 Å². The van der Waals surface area contributed by atoms with Crippen LogP contribution < -0.4 is 10.0 Å². The summed E-state index contributed by atoms with van der Waals surface area (Å²) < 4.78 is 50.8. The Balaban J connectivity index is 1.75. The number of aryl methyl sites for hydroxylation is 2. The van der Waals surface area contributed by atoms with Crippen molar-refractivity contribution >= 4 is 31.5 Å². The number of carbonyl (C=O) groups excluding carboxylic acids is 1. The van der Waals surface area contributed by atoms with Gasteiger partial charge in [-0.3, -0.25) is 9.52 Å². The number of rotatable bonds is 5. The monoisotopic (exact) mass is 422 g/mol. The molecule has 0 saturated carbocycles. The first-order valence-corrected chi connectivity index (χ1v) is 12.1. The average molecular weight is 423 g/mol. The van der Waals surface area contributed by atoms with Crippen LogP contribution in [0, 0.1) is 13.8 Å². The Labute approximate surface area is 165 Å². The van der Waals surface area contributed by atoms with Gasteiger partial charge < -0.3 is 5.32 Å². The summed E-state index contributed by atoms with van der Waals surface area (Å²) in [6, 6.07) is 10.5. The van der Waals surface area contributed by atoms with E-state index in [1.165, 1.54) is 12.1 Å². The van der Waals surface area contributed by atoms with Gasteiger partial charge in [0.25, 0.3) is 15.9 Å². The molecule has 3 rings (SSSR count). The Hall–Kier alpha value is -2.39. The Morgan fingerprint density at radius 3 is 2.46 bits per heavy atom. The predicted molar refractivity (Wildman–Crippen MR) is 108 cm³/mol. The van der Waals surface area contributed by atoms with E-state index < -0.39 is 31.8 Å². The first-order chi connectivity index (χ1) is 13.1. The molecule has 1 aliphatic heterocycles. The number of anilines is 1. The Morgan fingerprint density at radius 1 is 1.07 bits per heavy atom. The number of amides is 1. The molecule has 1 atom stereocenters. The van der Waals surface area contributed by atoms with E-state index in [0.717, 1.165) is 11.1 Å². The molecule has 2 aromatic rings. The van der Waals surface area contributed by atoms with Gasteiger partial charge in [0.1, 0.15) is 0 Å². The van der Waals surface area contributed by atoms with Gasteiger partial charge in [0.2, 0.25) is 0 Å². The van der Waals surface area contributed by atoms with Gasteiger partial charge in [-0.25, -0.2) is 16.8 Å². The van der Waals surface area contributed by atoms with Crippen molar-refractivity contribution in [1.82, 2.24) is 5.32 Å². The number of hydrogen-bond donors (Lipinski definition) is 2. The topological polar surface area (TPSA) is 109 Å². The SMILES string of the molecule is Cc1ccc(S(=O)(=O)Nc2cccc(C(=O)N[C@@H]3CCS(=O)(=O)C3)c2)cc1C. The minimum Gasteiger partial charge on any atom is -0.348 e. The third-order valence-corrected chi connectivity index (χ3v) is 7.88. The first kappa shape index (κ1) is 20.3. The van der Waals surface area contributed by atoms with Crippen LogP contribution in [0.4, 0.5) is 5.69 Å². The second-order valence-corrected chi connectivity index (χ2v) is 10.9. The standard InChI is InChI=1S/C19H22N2O5S2/c1-13-6-7-18(10-14(13)2)28(25,26)21-16-5-3-4-15(11-16)19(22)20-17-8-9-27(23,24)12-17/h3-7,10-11,17,21H,8-9,12H2,1-2H3,(H,20,22)/t17-/m1/s1. The molecule has 0 radical (unpaired) electrons. The second-order valence-electron chi connectivity index (χ2n) is 7.01. The summed E-state index contributed by atoms with van der Waals surface area (Å²) in [6.07, 6.45) is 0.382. The lowest BCUT2D eigenvalue weighted by atomic mass is 10.1. The highest BCUT2D eigenvalue weighted by molar-refractivity contribution is 7.92. The summed E-state index contributed by atoms with van der Waals surface area (Å²) in [5, 5.41) is 2.69. The molecule has 9 heteroatoms. The molecule has 2 N–H and O–H groups in total. The molecule has 1 fully saturated rings. The van der Waals surface area contributed by atoms with E-state index in [4.69, 9.17) is 0 Å². The quantitative estimate of drug-likeness (QED) is 0.766. The van der Waals surface area contributed by atoms with Crippen LogP contribution in [0.2, 0.25) is 0 Å². The van der Waals surface area contributed by atoms with Crippen LogP contribution in [0.25, 0.3) is 0 Å². The minimum atomic E-state index is -3.79. The van der Waals surface area contributed by atoms with Crippen molar-refractivity contribution in [1.29, 1.82) is 0 Å². The molecule has 28 heavy (non-hydrogen) atoms. The summed E-state index contributed by atoms with van der Waals surface area (Å²) in [5.41, 5.74) is 2.36. The highest BCUT2D eigenvalue weighted by Crippen LogP contribution is 2.20. The molecule has 1 heterocycles. The summed E-state index contributed by atoms with van der Waals surface area (Å²) in [4.78, 5) is 12.5. The fourth-order valence-electron chi connectivity index (χ4n) is 3.00. The molecule has 0 spiro atoms. The zero-order valence-corrected chi connectivity index (χ0v) is 17.2. The number of sulfonamides is 1.